The Bertz CT molecular complexity index is 850. The molecule has 2 heterocycles. The van der Waals surface area contributed by atoms with Crippen molar-refractivity contribution in [3.05, 3.63) is 42.1 Å². The summed E-state index contributed by atoms with van der Waals surface area (Å²) in [6, 6.07) is 10.4. The molecule has 0 aliphatic carbocycles. The second-order valence-electron chi connectivity index (χ2n) is 7.82. The number of aromatic nitrogens is 1. The van der Waals surface area contributed by atoms with Gasteiger partial charge < -0.3 is 24.8 Å². The van der Waals surface area contributed by atoms with Crippen molar-refractivity contribution >= 4 is 23.2 Å². The summed E-state index contributed by atoms with van der Waals surface area (Å²) in [5.74, 6) is 0.603. The number of ether oxygens (including phenoxy) is 2. The number of rotatable bonds is 10. The van der Waals surface area contributed by atoms with Crippen LogP contribution in [0.4, 0.5) is 17.2 Å². The van der Waals surface area contributed by atoms with E-state index in [1.165, 1.54) is 0 Å². The van der Waals surface area contributed by atoms with Crippen LogP contribution in [0, 0.1) is 0 Å². The fourth-order valence-electron chi connectivity index (χ4n) is 4.20. The minimum Gasteiger partial charge on any atom is -0.495 e. The predicted octanol–water partition coefficient (Wildman–Crippen LogP) is 4.81. The molecular formula is C24H33N3O4. The van der Waals surface area contributed by atoms with Crippen molar-refractivity contribution in [2.75, 3.05) is 37.1 Å². The number of carbonyl (C=O) groups is 1. The number of methoxy groups -OCH3 is 1. The molecule has 1 aliphatic rings. The van der Waals surface area contributed by atoms with E-state index in [4.69, 9.17) is 9.47 Å². The molecule has 1 fully saturated rings. The number of hydrogen-bond acceptors (Lipinski definition) is 6. The molecule has 31 heavy (non-hydrogen) atoms. The van der Waals surface area contributed by atoms with Crippen molar-refractivity contribution in [1.82, 2.24) is 4.98 Å². The molecule has 0 bridgehead atoms. The summed E-state index contributed by atoms with van der Waals surface area (Å²) in [7, 11) is 1.62. The first-order valence-corrected chi connectivity index (χ1v) is 11.0. The first kappa shape index (κ1) is 22.9. The molecule has 0 spiro atoms. The van der Waals surface area contributed by atoms with Gasteiger partial charge in [0.05, 0.1) is 31.1 Å². The lowest BCUT2D eigenvalue weighted by Gasteiger charge is -2.36. The van der Waals surface area contributed by atoms with E-state index >= 15 is 0 Å². The van der Waals surface area contributed by atoms with E-state index in [1.807, 2.05) is 19.1 Å². The van der Waals surface area contributed by atoms with Crippen molar-refractivity contribution in [2.45, 2.75) is 51.5 Å². The molecule has 1 aromatic heterocycles. The van der Waals surface area contributed by atoms with Crippen molar-refractivity contribution in [3.8, 4) is 5.75 Å². The molecule has 7 nitrogen and oxygen atoms in total. The number of hydrogen-bond donors (Lipinski definition) is 2. The standard InChI is InChI=1S/C24H33N3O4/c1-4-17(15-24(28)29)18-6-8-22(27(5-2)19-10-12-31-13-11-19)21(14-18)26-23-9-7-20(30-3)16-25-23/h6-9,14,16-17,19H,4-5,10-13,15H2,1-3H3,(H,25,26)(H,28,29)/t17-/m0/s1. The lowest BCUT2D eigenvalue weighted by Crippen LogP contribution is -2.39. The minimum absolute atomic E-state index is 0.0333. The molecule has 1 aromatic carbocycles. The first-order valence-electron chi connectivity index (χ1n) is 11.0. The highest BCUT2D eigenvalue weighted by atomic mass is 16.5. The summed E-state index contributed by atoms with van der Waals surface area (Å²) >= 11 is 0. The summed E-state index contributed by atoms with van der Waals surface area (Å²) in [4.78, 5) is 18.2. The highest BCUT2D eigenvalue weighted by Crippen LogP contribution is 2.36. The third-order valence-electron chi connectivity index (χ3n) is 5.92. The smallest absolute Gasteiger partial charge is 0.303 e. The van der Waals surface area contributed by atoms with Crippen LogP contribution in [0.2, 0.25) is 0 Å². The molecule has 2 aromatic rings. The lowest BCUT2D eigenvalue weighted by atomic mass is 9.92. The Balaban J connectivity index is 1.97. The third-order valence-corrected chi connectivity index (χ3v) is 5.92. The molecular weight excluding hydrogens is 394 g/mol. The highest BCUT2D eigenvalue weighted by Gasteiger charge is 2.24. The van der Waals surface area contributed by atoms with Crippen LogP contribution in [0.3, 0.4) is 0 Å². The summed E-state index contributed by atoms with van der Waals surface area (Å²) in [5, 5.41) is 12.8. The van der Waals surface area contributed by atoms with Crippen molar-refractivity contribution in [2.24, 2.45) is 0 Å². The Morgan fingerprint density at radius 1 is 1.29 bits per heavy atom. The average Bonchev–Trinajstić information content (AvgIpc) is 2.80. The number of carboxylic acids is 1. The Kier molecular flexibility index (Phi) is 8.12. The van der Waals surface area contributed by atoms with Crippen LogP contribution in [-0.2, 0) is 9.53 Å². The first-order chi connectivity index (χ1) is 15.0. The van der Waals surface area contributed by atoms with Gasteiger partial charge >= 0.3 is 5.97 Å². The molecule has 1 atom stereocenters. The number of carboxylic acid groups (broad SMARTS) is 1. The summed E-state index contributed by atoms with van der Waals surface area (Å²) in [6.45, 7) is 6.62. The van der Waals surface area contributed by atoms with E-state index in [0.29, 0.717) is 17.6 Å². The van der Waals surface area contributed by atoms with Crippen LogP contribution in [0.25, 0.3) is 0 Å². The van der Waals surface area contributed by atoms with Gasteiger partial charge in [-0.15, -0.1) is 0 Å². The number of nitrogens with zero attached hydrogens (tertiary/aromatic N) is 2. The molecule has 1 aliphatic heterocycles. The van der Waals surface area contributed by atoms with Gasteiger partial charge in [0.25, 0.3) is 0 Å². The van der Waals surface area contributed by atoms with Gasteiger partial charge in [-0.2, -0.15) is 0 Å². The second kappa shape index (κ2) is 11.0. The Morgan fingerprint density at radius 2 is 2.06 bits per heavy atom. The minimum atomic E-state index is -0.778. The summed E-state index contributed by atoms with van der Waals surface area (Å²) < 4.78 is 10.8. The predicted molar refractivity (Wildman–Crippen MR) is 123 cm³/mol. The highest BCUT2D eigenvalue weighted by molar-refractivity contribution is 5.76. The lowest BCUT2D eigenvalue weighted by molar-refractivity contribution is -0.137. The van der Waals surface area contributed by atoms with Gasteiger partial charge in [0, 0.05) is 25.8 Å². The van der Waals surface area contributed by atoms with Gasteiger partial charge in [-0.3, -0.25) is 4.79 Å². The van der Waals surface area contributed by atoms with Gasteiger partial charge in [0.2, 0.25) is 0 Å². The summed E-state index contributed by atoms with van der Waals surface area (Å²) in [5.41, 5.74) is 3.06. The average molecular weight is 428 g/mol. The number of anilines is 3. The molecule has 0 unspecified atom stereocenters. The van der Waals surface area contributed by atoms with E-state index < -0.39 is 5.97 Å². The molecule has 0 saturated carbocycles. The molecule has 1 saturated heterocycles. The van der Waals surface area contributed by atoms with E-state index in [-0.39, 0.29) is 12.3 Å². The second-order valence-corrected chi connectivity index (χ2v) is 7.82. The van der Waals surface area contributed by atoms with Crippen LogP contribution in [0.15, 0.2) is 36.5 Å². The largest absolute Gasteiger partial charge is 0.495 e. The van der Waals surface area contributed by atoms with Gasteiger partial charge in [-0.25, -0.2) is 4.98 Å². The van der Waals surface area contributed by atoms with Crippen LogP contribution >= 0.6 is 0 Å². The molecule has 168 valence electrons. The normalized spacial score (nSPS) is 15.3. The fraction of sp³-hybridized carbons (Fsp3) is 0.500. The van der Waals surface area contributed by atoms with Gasteiger partial charge in [-0.1, -0.05) is 13.0 Å². The topological polar surface area (TPSA) is 83.9 Å². The van der Waals surface area contributed by atoms with E-state index in [1.54, 1.807) is 13.3 Å². The van der Waals surface area contributed by atoms with Crippen molar-refractivity contribution in [1.29, 1.82) is 0 Å². The Labute approximate surface area is 184 Å². The zero-order chi connectivity index (χ0) is 22.2. The van der Waals surface area contributed by atoms with E-state index in [2.05, 4.69) is 40.3 Å². The van der Waals surface area contributed by atoms with Crippen molar-refractivity contribution < 1.29 is 19.4 Å². The maximum Gasteiger partial charge on any atom is 0.303 e. The van der Waals surface area contributed by atoms with Gasteiger partial charge in [0.15, 0.2) is 0 Å². The van der Waals surface area contributed by atoms with Crippen molar-refractivity contribution in [3.63, 3.8) is 0 Å². The molecule has 2 N–H and O–H groups in total. The van der Waals surface area contributed by atoms with Gasteiger partial charge in [-0.05, 0) is 61.9 Å². The van der Waals surface area contributed by atoms with Crippen LogP contribution < -0.4 is 15.0 Å². The molecule has 3 rings (SSSR count). The fourth-order valence-corrected chi connectivity index (χ4v) is 4.20. The molecule has 0 radical (unpaired) electrons. The quantitative estimate of drug-likeness (QED) is 0.563. The number of benzene rings is 1. The maximum absolute atomic E-state index is 11.3. The van der Waals surface area contributed by atoms with Crippen LogP contribution in [0.5, 0.6) is 5.75 Å². The van der Waals surface area contributed by atoms with Crippen LogP contribution in [0.1, 0.15) is 51.0 Å². The monoisotopic (exact) mass is 427 g/mol. The van der Waals surface area contributed by atoms with Crippen LogP contribution in [-0.4, -0.2) is 49.0 Å². The van der Waals surface area contributed by atoms with E-state index in [9.17, 15) is 9.90 Å². The van der Waals surface area contributed by atoms with Gasteiger partial charge in [0.1, 0.15) is 11.6 Å². The number of nitrogens with one attached hydrogen (secondary N) is 1. The SMILES string of the molecule is CC[C@@H](CC(=O)O)c1ccc(N(CC)C2CCOCC2)c(Nc2ccc(OC)cn2)c1. The zero-order valence-corrected chi connectivity index (χ0v) is 18.6. The third kappa shape index (κ3) is 5.88. The molecule has 0 amide bonds. The number of aliphatic carboxylic acids is 1. The zero-order valence-electron chi connectivity index (χ0n) is 18.6. The number of pyridine rings is 1. The van der Waals surface area contributed by atoms with E-state index in [0.717, 1.165) is 56.0 Å². The molecule has 7 heteroatoms. The maximum atomic E-state index is 11.3. The Hall–Kier alpha value is -2.80. The summed E-state index contributed by atoms with van der Waals surface area (Å²) in [6.07, 6.45) is 4.55. The Morgan fingerprint density at radius 3 is 2.65 bits per heavy atom.